The molecule has 5 nitrogen and oxygen atoms in total. The minimum Gasteiger partial charge on any atom is -0.459 e. The highest BCUT2D eigenvalue weighted by molar-refractivity contribution is 5.94. The molecular formula is C20H24N2O3. The van der Waals surface area contributed by atoms with Gasteiger partial charge in [0.05, 0.1) is 12.8 Å². The van der Waals surface area contributed by atoms with Gasteiger partial charge in [-0.05, 0) is 30.5 Å². The Morgan fingerprint density at radius 3 is 2.40 bits per heavy atom. The summed E-state index contributed by atoms with van der Waals surface area (Å²) in [6, 6.07) is 13.6. The first kappa shape index (κ1) is 17.3. The molecule has 0 aliphatic heterocycles. The maximum atomic E-state index is 12.2. The highest BCUT2D eigenvalue weighted by atomic mass is 16.3. The van der Waals surface area contributed by atoms with Crippen LogP contribution >= 0.6 is 0 Å². The minimum atomic E-state index is -0.379. The second-order valence-electron chi connectivity index (χ2n) is 6.64. The molecule has 1 aromatic carbocycles. The fraction of sp³-hybridized carbons (Fsp3) is 0.400. The molecule has 132 valence electrons. The maximum Gasteiger partial charge on any atom is 0.287 e. The van der Waals surface area contributed by atoms with Gasteiger partial charge in [0.2, 0.25) is 5.91 Å². The summed E-state index contributed by atoms with van der Waals surface area (Å²) in [6.45, 7) is 0.552. The summed E-state index contributed by atoms with van der Waals surface area (Å²) in [4.78, 5) is 24.0. The number of benzene rings is 1. The molecule has 2 aromatic rings. The molecule has 0 bridgehead atoms. The normalized spacial score (nSPS) is 16.2. The Labute approximate surface area is 147 Å². The van der Waals surface area contributed by atoms with Gasteiger partial charge >= 0.3 is 0 Å². The topological polar surface area (TPSA) is 71.3 Å². The molecule has 2 amide bonds. The Morgan fingerprint density at radius 1 is 0.960 bits per heavy atom. The van der Waals surface area contributed by atoms with Gasteiger partial charge in [0.25, 0.3) is 5.91 Å². The fourth-order valence-electron chi connectivity index (χ4n) is 3.57. The standard InChI is InChI=1S/C20H24N2O3/c23-18(14-21-19(24)17-10-7-13-25-17)22-15-20(11-5-2-6-12-20)16-8-3-1-4-9-16/h1,3-4,7-10,13H,2,5-6,11-12,14-15H2,(H,21,24)(H,22,23). The van der Waals surface area contributed by atoms with Crippen LogP contribution in [0.1, 0.15) is 48.2 Å². The molecule has 0 saturated heterocycles. The van der Waals surface area contributed by atoms with Crippen LogP contribution in [0.3, 0.4) is 0 Å². The molecule has 1 fully saturated rings. The zero-order valence-electron chi connectivity index (χ0n) is 14.3. The number of hydrogen-bond donors (Lipinski definition) is 2. The zero-order chi connectivity index (χ0) is 17.5. The van der Waals surface area contributed by atoms with E-state index in [0.717, 1.165) is 12.8 Å². The van der Waals surface area contributed by atoms with Crippen LogP contribution in [0.15, 0.2) is 53.1 Å². The third-order valence-corrected chi connectivity index (χ3v) is 4.98. The maximum absolute atomic E-state index is 12.2. The molecular weight excluding hydrogens is 316 g/mol. The molecule has 1 aliphatic rings. The molecule has 0 atom stereocenters. The van der Waals surface area contributed by atoms with Crippen molar-refractivity contribution in [1.82, 2.24) is 10.6 Å². The molecule has 1 saturated carbocycles. The van der Waals surface area contributed by atoms with Crippen molar-refractivity contribution in [2.24, 2.45) is 0 Å². The van der Waals surface area contributed by atoms with Crippen molar-refractivity contribution < 1.29 is 14.0 Å². The highest BCUT2D eigenvalue weighted by Gasteiger charge is 2.34. The average Bonchev–Trinajstić information content (AvgIpc) is 3.21. The molecule has 1 heterocycles. The van der Waals surface area contributed by atoms with Gasteiger partial charge < -0.3 is 15.1 Å². The van der Waals surface area contributed by atoms with Crippen molar-refractivity contribution in [2.45, 2.75) is 37.5 Å². The molecule has 0 unspecified atom stereocenters. The molecule has 2 N–H and O–H groups in total. The number of carbonyl (C=O) groups is 2. The van der Waals surface area contributed by atoms with Crippen LogP contribution in [-0.2, 0) is 10.2 Å². The van der Waals surface area contributed by atoms with E-state index in [1.807, 2.05) is 6.07 Å². The van der Waals surface area contributed by atoms with E-state index in [1.165, 1.54) is 31.1 Å². The Bertz CT molecular complexity index is 689. The molecule has 1 aliphatic carbocycles. The largest absolute Gasteiger partial charge is 0.459 e. The number of carbonyl (C=O) groups excluding carboxylic acids is 2. The summed E-state index contributed by atoms with van der Waals surface area (Å²) < 4.78 is 5.01. The van der Waals surface area contributed by atoms with Crippen molar-refractivity contribution >= 4 is 11.8 Å². The second-order valence-corrected chi connectivity index (χ2v) is 6.64. The van der Waals surface area contributed by atoms with E-state index >= 15 is 0 Å². The molecule has 3 rings (SSSR count). The van der Waals surface area contributed by atoms with E-state index in [2.05, 4.69) is 34.9 Å². The van der Waals surface area contributed by atoms with Gasteiger partial charge in [-0.15, -0.1) is 0 Å². The lowest BCUT2D eigenvalue weighted by Crippen LogP contribution is -2.45. The average molecular weight is 340 g/mol. The molecule has 25 heavy (non-hydrogen) atoms. The monoisotopic (exact) mass is 340 g/mol. The smallest absolute Gasteiger partial charge is 0.287 e. The van der Waals surface area contributed by atoms with Gasteiger partial charge in [-0.1, -0.05) is 49.6 Å². The van der Waals surface area contributed by atoms with Crippen LogP contribution in [0, 0.1) is 0 Å². The van der Waals surface area contributed by atoms with Crippen LogP contribution in [0.25, 0.3) is 0 Å². The van der Waals surface area contributed by atoms with Gasteiger partial charge in [0.1, 0.15) is 0 Å². The van der Waals surface area contributed by atoms with E-state index in [4.69, 9.17) is 4.42 Å². The minimum absolute atomic E-state index is 0.000189. The van der Waals surface area contributed by atoms with E-state index in [1.54, 1.807) is 12.1 Å². The summed E-state index contributed by atoms with van der Waals surface area (Å²) in [6.07, 6.45) is 7.20. The predicted octanol–water partition coefficient (Wildman–Crippen LogP) is 3.03. The summed E-state index contributed by atoms with van der Waals surface area (Å²) in [5.41, 5.74) is 1.29. The lowest BCUT2D eigenvalue weighted by atomic mass is 9.69. The fourth-order valence-corrected chi connectivity index (χ4v) is 3.57. The number of furan rings is 1. The molecule has 5 heteroatoms. The zero-order valence-corrected chi connectivity index (χ0v) is 14.3. The summed E-state index contributed by atoms with van der Waals surface area (Å²) in [7, 11) is 0. The van der Waals surface area contributed by atoms with E-state index in [0.29, 0.717) is 6.54 Å². The van der Waals surface area contributed by atoms with Crippen molar-refractivity contribution in [1.29, 1.82) is 0 Å². The second kappa shape index (κ2) is 8.01. The van der Waals surface area contributed by atoms with Crippen molar-refractivity contribution in [3.8, 4) is 0 Å². The number of rotatable bonds is 6. The Kier molecular flexibility index (Phi) is 5.53. The molecule has 1 aromatic heterocycles. The molecule has 0 spiro atoms. The SMILES string of the molecule is O=C(CNC(=O)c1ccco1)NCC1(c2ccccc2)CCCCC1. The van der Waals surface area contributed by atoms with Crippen molar-refractivity contribution in [3.05, 3.63) is 60.1 Å². The number of nitrogens with one attached hydrogen (secondary N) is 2. The third kappa shape index (κ3) is 4.29. The Hall–Kier alpha value is -2.56. The number of hydrogen-bond acceptors (Lipinski definition) is 3. The lowest BCUT2D eigenvalue weighted by Gasteiger charge is -2.38. The molecule has 0 radical (unpaired) electrons. The van der Waals surface area contributed by atoms with Crippen LogP contribution in [0.2, 0.25) is 0 Å². The van der Waals surface area contributed by atoms with Gasteiger partial charge in [-0.25, -0.2) is 0 Å². The van der Waals surface area contributed by atoms with E-state index < -0.39 is 0 Å². The van der Waals surface area contributed by atoms with Crippen LogP contribution in [0.4, 0.5) is 0 Å². The van der Waals surface area contributed by atoms with Crippen LogP contribution in [0.5, 0.6) is 0 Å². The quantitative estimate of drug-likeness (QED) is 0.849. The van der Waals surface area contributed by atoms with Crippen LogP contribution in [-0.4, -0.2) is 24.9 Å². The Morgan fingerprint density at radius 2 is 1.72 bits per heavy atom. The lowest BCUT2D eigenvalue weighted by molar-refractivity contribution is -0.120. The van der Waals surface area contributed by atoms with Crippen molar-refractivity contribution in [3.63, 3.8) is 0 Å². The van der Waals surface area contributed by atoms with Gasteiger partial charge in [-0.3, -0.25) is 9.59 Å². The van der Waals surface area contributed by atoms with Gasteiger partial charge in [0, 0.05) is 12.0 Å². The van der Waals surface area contributed by atoms with Gasteiger partial charge in [0.15, 0.2) is 5.76 Å². The summed E-state index contributed by atoms with van der Waals surface area (Å²) >= 11 is 0. The van der Waals surface area contributed by atoms with Crippen molar-refractivity contribution in [2.75, 3.05) is 13.1 Å². The van der Waals surface area contributed by atoms with E-state index in [-0.39, 0.29) is 29.5 Å². The first-order valence-electron chi connectivity index (χ1n) is 8.84. The highest BCUT2D eigenvalue weighted by Crippen LogP contribution is 2.38. The summed E-state index contributed by atoms with van der Waals surface area (Å²) in [5.74, 6) is -0.350. The van der Waals surface area contributed by atoms with E-state index in [9.17, 15) is 9.59 Å². The van der Waals surface area contributed by atoms with Crippen LogP contribution < -0.4 is 10.6 Å². The first-order chi connectivity index (χ1) is 12.2. The third-order valence-electron chi connectivity index (χ3n) is 4.98. The predicted molar refractivity (Wildman–Crippen MR) is 95.3 cm³/mol. The Balaban J connectivity index is 1.56. The van der Waals surface area contributed by atoms with Gasteiger partial charge in [-0.2, -0.15) is 0 Å². The first-order valence-corrected chi connectivity index (χ1v) is 8.84. The number of amides is 2. The summed E-state index contributed by atoms with van der Waals surface area (Å²) in [5, 5.41) is 5.59.